The molecule has 6 heteroatoms. The van der Waals surface area contributed by atoms with E-state index in [4.69, 9.17) is 13.9 Å². The summed E-state index contributed by atoms with van der Waals surface area (Å²) in [4.78, 5) is 6.83. The molecule has 1 aromatic heterocycles. The van der Waals surface area contributed by atoms with Crippen LogP contribution in [0.25, 0.3) is 11.3 Å². The van der Waals surface area contributed by atoms with Crippen LogP contribution in [0.4, 0.5) is 4.39 Å². The van der Waals surface area contributed by atoms with Crippen LogP contribution in [0.2, 0.25) is 0 Å². The second kappa shape index (κ2) is 7.87. The molecule has 29 heavy (non-hydrogen) atoms. The second-order valence-electron chi connectivity index (χ2n) is 7.51. The molecular weight excluding hydrogens is 371 g/mol. The van der Waals surface area contributed by atoms with Crippen molar-refractivity contribution in [3.05, 3.63) is 65.9 Å². The van der Waals surface area contributed by atoms with Gasteiger partial charge in [-0.15, -0.1) is 0 Å². The van der Waals surface area contributed by atoms with E-state index in [0.29, 0.717) is 37.5 Å². The van der Waals surface area contributed by atoms with Crippen molar-refractivity contribution < 1.29 is 18.3 Å². The lowest BCUT2D eigenvalue weighted by Crippen LogP contribution is -2.23. The Morgan fingerprint density at radius 3 is 2.69 bits per heavy atom. The van der Waals surface area contributed by atoms with Crippen molar-refractivity contribution in [1.29, 1.82) is 0 Å². The fraction of sp³-hybridized carbons (Fsp3) is 0.348. The summed E-state index contributed by atoms with van der Waals surface area (Å²) in [5, 5.41) is 0. The van der Waals surface area contributed by atoms with E-state index >= 15 is 0 Å². The molecule has 1 unspecified atom stereocenters. The maximum absolute atomic E-state index is 13.1. The molecule has 1 saturated heterocycles. The summed E-state index contributed by atoms with van der Waals surface area (Å²) in [6.07, 6.45) is 4.83. The van der Waals surface area contributed by atoms with Crippen molar-refractivity contribution in [2.75, 3.05) is 19.8 Å². The molecule has 1 fully saturated rings. The first-order chi connectivity index (χ1) is 14.3. The first-order valence-corrected chi connectivity index (χ1v) is 10.1. The lowest BCUT2D eigenvalue weighted by molar-refractivity contribution is 0.223. The summed E-state index contributed by atoms with van der Waals surface area (Å²) in [5.41, 5.74) is 2.06. The number of likely N-dealkylation sites (tertiary alicyclic amines) is 1. The van der Waals surface area contributed by atoms with E-state index in [1.165, 1.54) is 17.7 Å². The van der Waals surface area contributed by atoms with Gasteiger partial charge in [-0.05, 0) is 61.3 Å². The Balaban J connectivity index is 1.33. The largest absolute Gasteiger partial charge is 0.490 e. The number of oxazole rings is 1. The van der Waals surface area contributed by atoms with Gasteiger partial charge in [0.2, 0.25) is 5.89 Å². The van der Waals surface area contributed by atoms with E-state index in [2.05, 4.69) is 22.0 Å². The maximum Gasteiger partial charge on any atom is 0.209 e. The van der Waals surface area contributed by atoms with Gasteiger partial charge in [-0.3, -0.25) is 4.90 Å². The van der Waals surface area contributed by atoms with Crippen LogP contribution in [0.5, 0.6) is 11.5 Å². The molecule has 5 rings (SSSR count). The number of hydrogen-bond acceptors (Lipinski definition) is 5. The zero-order valence-electron chi connectivity index (χ0n) is 16.1. The van der Waals surface area contributed by atoms with Crippen molar-refractivity contribution in [3.8, 4) is 22.8 Å². The van der Waals surface area contributed by atoms with Gasteiger partial charge in [0.05, 0.1) is 26.0 Å². The smallest absolute Gasteiger partial charge is 0.209 e. The van der Waals surface area contributed by atoms with Crippen LogP contribution < -0.4 is 9.47 Å². The van der Waals surface area contributed by atoms with Crippen LogP contribution in [0, 0.1) is 5.82 Å². The predicted molar refractivity (Wildman–Crippen MR) is 106 cm³/mol. The van der Waals surface area contributed by atoms with E-state index in [1.807, 2.05) is 6.07 Å². The van der Waals surface area contributed by atoms with Crippen LogP contribution in [0.15, 0.2) is 53.1 Å². The lowest BCUT2D eigenvalue weighted by atomic mass is 10.0. The van der Waals surface area contributed by atoms with Crippen molar-refractivity contribution in [1.82, 2.24) is 9.88 Å². The Morgan fingerprint density at radius 1 is 1.00 bits per heavy atom. The molecule has 3 aromatic rings. The number of nitrogens with zero attached hydrogens (tertiary/aromatic N) is 2. The standard InChI is InChI=1S/C23H23FN2O3/c24-18-7-4-16(5-8-18)22-14-25-23(29-22)15-26-10-1-3-19(26)17-6-9-20-21(13-17)28-12-2-11-27-20/h4-9,13-14,19H,1-3,10-12,15H2. The normalized spacial score (nSPS) is 19.3. The van der Waals surface area contributed by atoms with Crippen molar-refractivity contribution >= 4 is 0 Å². The molecule has 1 atom stereocenters. The molecule has 0 N–H and O–H groups in total. The van der Waals surface area contributed by atoms with Crippen LogP contribution >= 0.6 is 0 Å². The van der Waals surface area contributed by atoms with Crippen LogP contribution in [-0.2, 0) is 6.54 Å². The van der Waals surface area contributed by atoms with Gasteiger partial charge in [-0.1, -0.05) is 6.07 Å². The van der Waals surface area contributed by atoms with Gasteiger partial charge in [-0.25, -0.2) is 9.37 Å². The Bertz CT molecular complexity index is 986. The molecule has 0 bridgehead atoms. The summed E-state index contributed by atoms with van der Waals surface area (Å²) in [7, 11) is 0. The Kier molecular flexibility index (Phi) is 4.94. The monoisotopic (exact) mass is 394 g/mol. The summed E-state index contributed by atoms with van der Waals surface area (Å²) in [6, 6.07) is 12.8. The van der Waals surface area contributed by atoms with E-state index in [1.54, 1.807) is 18.3 Å². The highest BCUT2D eigenvalue weighted by Crippen LogP contribution is 2.38. The number of rotatable bonds is 4. The number of benzene rings is 2. The van der Waals surface area contributed by atoms with Crippen LogP contribution in [0.1, 0.15) is 36.8 Å². The molecule has 0 amide bonds. The zero-order chi connectivity index (χ0) is 19.6. The molecule has 2 aliphatic rings. The van der Waals surface area contributed by atoms with Gasteiger partial charge in [0.25, 0.3) is 0 Å². The van der Waals surface area contributed by atoms with Gasteiger partial charge in [0.15, 0.2) is 17.3 Å². The minimum Gasteiger partial charge on any atom is -0.490 e. The number of ether oxygens (including phenoxy) is 2. The highest BCUT2D eigenvalue weighted by atomic mass is 19.1. The number of aromatic nitrogens is 1. The molecule has 0 radical (unpaired) electrons. The van der Waals surface area contributed by atoms with E-state index < -0.39 is 0 Å². The molecule has 150 valence electrons. The van der Waals surface area contributed by atoms with Crippen molar-refractivity contribution in [2.45, 2.75) is 31.8 Å². The van der Waals surface area contributed by atoms with Crippen LogP contribution in [0.3, 0.4) is 0 Å². The molecule has 2 aromatic carbocycles. The summed E-state index contributed by atoms with van der Waals surface area (Å²) >= 11 is 0. The molecular formula is C23H23FN2O3. The van der Waals surface area contributed by atoms with Crippen LogP contribution in [-0.4, -0.2) is 29.6 Å². The summed E-state index contributed by atoms with van der Waals surface area (Å²) in [6.45, 7) is 3.02. The fourth-order valence-corrected chi connectivity index (χ4v) is 4.08. The van der Waals surface area contributed by atoms with Gasteiger partial charge < -0.3 is 13.9 Å². The third-order valence-electron chi connectivity index (χ3n) is 5.54. The second-order valence-corrected chi connectivity index (χ2v) is 7.51. The first-order valence-electron chi connectivity index (χ1n) is 10.1. The fourth-order valence-electron chi connectivity index (χ4n) is 4.08. The Morgan fingerprint density at radius 2 is 1.83 bits per heavy atom. The van der Waals surface area contributed by atoms with E-state index in [0.717, 1.165) is 42.9 Å². The van der Waals surface area contributed by atoms with Gasteiger partial charge in [0.1, 0.15) is 5.82 Å². The number of halogens is 1. The molecule has 0 aliphatic carbocycles. The number of hydrogen-bond donors (Lipinski definition) is 0. The molecule has 5 nitrogen and oxygen atoms in total. The van der Waals surface area contributed by atoms with Crippen molar-refractivity contribution in [2.24, 2.45) is 0 Å². The van der Waals surface area contributed by atoms with Gasteiger partial charge in [0, 0.05) is 18.0 Å². The van der Waals surface area contributed by atoms with Gasteiger partial charge >= 0.3 is 0 Å². The quantitative estimate of drug-likeness (QED) is 0.625. The van der Waals surface area contributed by atoms with E-state index in [-0.39, 0.29) is 5.82 Å². The SMILES string of the molecule is Fc1ccc(-c2cnc(CN3CCCC3c3ccc4c(c3)OCCCO4)o2)cc1. The number of fused-ring (bicyclic) bond motifs is 1. The Labute approximate surface area is 169 Å². The average Bonchev–Trinajstić information content (AvgIpc) is 3.33. The van der Waals surface area contributed by atoms with E-state index in [9.17, 15) is 4.39 Å². The topological polar surface area (TPSA) is 47.7 Å². The highest BCUT2D eigenvalue weighted by molar-refractivity contribution is 5.55. The van der Waals surface area contributed by atoms with Gasteiger partial charge in [-0.2, -0.15) is 0 Å². The Hall–Kier alpha value is -2.86. The zero-order valence-corrected chi connectivity index (χ0v) is 16.1. The minimum atomic E-state index is -0.261. The predicted octanol–water partition coefficient (Wildman–Crippen LogP) is 4.98. The average molecular weight is 394 g/mol. The lowest BCUT2D eigenvalue weighted by Gasteiger charge is -2.24. The first kappa shape index (κ1) is 18.2. The molecule has 0 spiro atoms. The third kappa shape index (κ3) is 3.85. The summed E-state index contributed by atoms with van der Waals surface area (Å²) in [5.74, 6) is 2.73. The third-order valence-corrected chi connectivity index (χ3v) is 5.54. The molecule has 2 aliphatic heterocycles. The highest BCUT2D eigenvalue weighted by Gasteiger charge is 2.28. The van der Waals surface area contributed by atoms with Crippen molar-refractivity contribution in [3.63, 3.8) is 0 Å². The minimum absolute atomic E-state index is 0.261. The molecule has 0 saturated carbocycles. The summed E-state index contributed by atoms with van der Waals surface area (Å²) < 4.78 is 30.7. The molecule has 3 heterocycles. The maximum atomic E-state index is 13.1.